The lowest BCUT2D eigenvalue weighted by Crippen LogP contribution is -2.51. The van der Waals surface area contributed by atoms with Gasteiger partial charge >= 0.3 is 0 Å². The molecule has 1 N–H and O–H groups in total. The van der Waals surface area contributed by atoms with Gasteiger partial charge in [-0.15, -0.1) is 0 Å². The molecule has 2 aromatic carbocycles. The number of halogens is 3. The number of benzene rings is 2. The van der Waals surface area contributed by atoms with Crippen LogP contribution in [0.2, 0.25) is 10.0 Å². The van der Waals surface area contributed by atoms with Gasteiger partial charge in [0, 0.05) is 17.1 Å². The van der Waals surface area contributed by atoms with Crippen LogP contribution in [-0.4, -0.2) is 35.4 Å². The average molecular weight is 530 g/mol. The molecule has 31 heavy (non-hydrogen) atoms. The average Bonchev–Trinajstić information content (AvgIpc) is 2.75. The Morgan fingerprint density at radius 2 is 1.74 bits per heavy atom. The van der Waals surface area contributed by atoms with Gasteiger partial charge in [-0.3, -0.25) is 9.59 Å². The highest BCUT2D eigenvalue weighted by Crippen LogP contribution is 2.24. The highest BCUT2D eigenvalue weighted by Gasteiger charge is 2.29. The fourth-order valence-corrected chi connectivity index (χ4v) is 3.54. The van der Waals surface area contributed by atoms with Crippen LogP contribution in [0.1, 0.15) is 39.2 Å². The van der Waals surface area contributed by atoms with Crippen molar-refractivity contribution in [2.24, 2.45) is 0 Å². The largest absolute Gasteiger partial charge is 0.484 e. The number of hydrogen-bond acceptors (Lipinski definition) is 3. The summed E-state index contributed by atoms with van der Waals surface area (Å²) >= 11 is 15.5. The summed E-state index contributed by atoms with van der Waals surface area (Å²) in [5.41, 5.74) is 0.779. The maximum atomic E-state index is 13.2. The Kier molecular flexibility index (Phi) is 10.1. The number of nitrogens with one attached hydrogen (secondary N) is 1. The van der Waals surface area contributed by atoms with Gasteiger partial charge < -0.3 is 15.0 Å². The van der Waals surface area contributed by atoms with Crippen LogP contribution < -0.4 is 10.1 Å². The third-order valence-electron chi connectivity index (χ3n) is 4.90. The molecule has 0 aliphatic heterocycles. The molecular weight excluding hydrogens is 503 g/mol. The highest BCUT2D eigenvalue weighted by atomic mass is 79.9. The molecular formula is C23H27BrCl2N2O3. The van der Waals surface area contributed by atoms with Gasteiger partial charge in [-0.2, -0.15) is 0 Å². The predicted molar refractivity (Wildman–Crippen MR) is 129 cm³/mol. The van der Waals surface area contributed by atoms with E-state index in [0.717, 1.165) is 16.5 Å². The number of ether oxygens (including phenoxy) is 1. The minimum absolute atomic E-state index is 0.0162. The predicted octanol–water partition coefficient (Wildman–Crippen LogP) is 5.86. The molecule has 2 aromatic rings. The van der Waals surface area contributed by atoms with E-state index in [1.807, 2.05) is 32.9 Å². The first-order valence-corrected chi connectivity index (χ1v) is 11.7. The maximum absolute atomic E-state index is 13.2. The zero-order valence-corrected chi connectivity index (χ0v) is 20.9. The number of rotatable bonds is 10. The zero-order chi connectivity index (χ0) is 23.0. The van der Waals surface area contributed by atoms with Crippen LogP contribution in [0.3, 0.4) is 0 Å². The molecule has 5 nitrogen and oxygen atoms in total. The molecule has 0 radical (unpaired) electrons. The fraction of sp³-hybridized carbons (Fsp3) is 0.391. The van der Waals surface area contributed by atoms with Gasteiger partial charge in [-0.05, 0) is 61.7 Å². The number of carbonyl (C=O) groups is 2. The Labute approximate surface area is 202 Å². The van der Waals surface area contributed by atoms with Gasteiger partial charge in [-0.25, -0.2) is 0 Å². The van der Waals surface area contributed by atoms with Gasteiger partial charge in [0.2, 0.25) is 5.91 Å². The fourth-order valence-electron chi connectivity index (χ4n) is 2.95. The van der Waals surface area contributed by atoms with E-state index in [1.54, 1.807) is 30.3 Å². The molecule has 0 saturated carbocycles. The molecule has 2 atom stereocenters. The second kappa shape index (κ2) is 12.3. The molecule has 0 aromatic heterocycles. The van der Waals surface area contributed by atoms with Crippen LogP contribution >= 0.6 is 39.1 Å². The minimum atomic E-state index is -0.635. The first kappa shape index (κ1) is 25.5. The molecule has 0 saturated heterocycles. The summed E-state index contributed by atoms with van der Waals surface area (Å²) in [5.74, 6) is 0.0946. The van der Waals surface area contributed by atoms with E-state index >= 15 is 0 Å². The summed E-state index contributed by atoms with van der Waals surface area (Å²) in [7, 11) is 0. The molecule has 2 amide bonds. The Morgan fingerprint density at radius 1 is 1.06 bits per heavy atom. The van der Waals surface area contributed by atoms with Crippen molar-refractivity contribution in [1.29, 1.82) is 0 Å². The van der Waals surface area contributed by atoms with E-state index in [2.05, 4.69) is 21.2 Å². The van der Waals surface area contributed by atoms with Crippen LogP contribution in [-0.2, 0) is 16.1 Å². The number of amides is 2. The van der Waals surface area contributed by atoms with E-state index in [1.165, 1.54) is 4.90 Å². The van der Waals surface area contributed by atoms with Crippen molar-refractivity contribution < 1.29 is 14.3 Å². The molecule has 168 valence electrons. The monoisotopic (exact) mass is 528 g/mol. The van der Waals surface area contributed by atoms with Gasteiger partial charge in [-0.1, -0.05) is 59.0 Å². The topological polar surface area (TPSA) is 58.6 Å². The van der Waals surface area contributed by atoms with E-state index in [9.17, 15) is 9.59 Å². The second-order valence-corrected chi connectivity index (χ2v) is 8.98. The number of hydrogen-bond donors (Lipinski definition) is 1. The van der Waals surface area contributed by atoms with E-state index in [-0.39, 0.29) is 31.0 Å². The van der Waals surface area contributed by atoms with Gasteiger partial charge in [0.05, 0.1) is 10.0 Å². The van der Waals surface area contributed by atoms with Gasteiger partial charge in [0.25, 0.3) is 5.91 Å². The van der Waals surface area contributed by atoms with Crippen molar-refractivity contribution in [3.05, 3.63) is 62.5 Å². The van der Waals surface area contributed by atoms with Crippen LogP contribution in [0.5, 0.6) is 5.75 Å². The molecule has 0 bridgehead atoms. The molecule has 8 heteroatoms. The lowest BCUT2D eigenvalue weighted by atomic mass is 10.1. The Bertz CT molecular complexity index is 893. The van der Waals surface area contributed by atoms with Gasteiger partial charge in [0.1, 0.15) is 11.8 Å². The van der Waals surface area contributed by atoms with E-state index < -0.39 is 6.04 Å². The summed E-state index contributed by atoms with van der Waals surface area (Å²) < 4.78 is 6.59. The number of carbonyl (C=O) groups excluding carboxylic acids is 2. The van der Waals surface area contributed by atoms with Crippen LogP contribution in [0, 0.1) is 0 Å². The Balaban J connectivity index is 2.23. The lowest BCUT2D eigenvalue weighted by Gasteiger charge is -2.31. The van der Waals surface area contributed by atoms with Crippen LogP contribution in [0.25, 0.3) is 0 Å². The van der Waals surface area contributed by atoms with Crippen LogP contribution in [0.4, 0.5) is 0 Å². The first-order chi connectivity index (χ1) is 14.7. The SMILES string of the molecule is CC[C@H](C(=O)N[C@@H](C)CC)N(Cc1ccc(Cl)c(Cl)c1)C(=O)COc1ccc(Br)cc1. The van der Waals surface area contributed by atoms with Gasteiger partial charge in [0.15, 0.2) is 6.61 Å². The third-order valence-corrected chi connectivity index (χ3v) is 6.17. The Morgan fingerprint density at radius 3 is 2.32 bits per heavy atom. The first-order valence-electron chi connectivity index (χ1n) is 10.2. The summed E-state index contributed by atoms with van der Waals surface area (Å²) in [6, 6.07) is 11.8. The summed E-state index contributed by atoms with van der Waals surface area (Å²) in [4.78, 5) is 27.6. The molecule has 0 fully saturated rings. The third kappa shape index (κ3) is 7.70. The second-order valence-electron chi connectivity index (χ2n) is 7.25. The summed E-state index contributed by atoms with van der Waals surface area (Å²) in [5, 5.41) is 3.81. The molecule has 0 heterocycles. The summed E-state index contributed by atoms with van der Waals surface area (Å²) in [6.07, 6.45) is 1.27. The lowest BCUT2D eigenvalue weighted by molar-refractivity contribution is -0.143. The normalized spacial score (nSPS) is 12.7. The zero-order valence-electron chi connectivity index (χ0n) is 17.8. The van der Waals surface area contributed by atoms with E-state index in [0.29, 0.717) is 22.2 Å². The Hall–Kier alpha value is -1.76. The smallest absolute Gasteiger partial charge is 0.261 e. The standard InChI is InChI=1S/C23H27BrCl2N2O3/c1-4-15(3)27-23(30)21(5-2)28(13-16-6-11-19(25)20(26)12-16)22(29)14-31-18-9-7-17(24)8-10-18/h6-12,15,21H,4-5,13-14H2,1-3H3,(H,27,30)/t15-,21+/m0/s1. The molecule has 0 aliphatic carbocycles. The molecule has 0 unspecified atom stereocenters. The van der Waals surface area contributed by atoms with Crippen molar-refractivity contribution in [3.63, 3.8) is 0 Å². The highest BCUT2D eigenvalue weighted by molar-refractivity contribution is 9.10. The minimum Gasteiger partial charge on any atom is -0.484 e. The molecule has 0 aliphatic rings. The van der Waals surface area contributed by atoms with Crippen molar-refractivity contribution in [1.82, 2.24) is 10.2 Å². The van der Waals surface area contributed by atoms with Crippen molar-refractivity contribution in [2.75, 3.05) is 6.61 Å². The molecule has 2 rings (SSSR count). The van der Waals surface area contributed by atoms with Crippen molar-refractivity contribution in [3.8, 4) is 5.75 Å². The van der Waals surface area contributed by atoms with Crippen LogP contribution in [0.15, 0.2) is 46.9 Å². The number of nitrogens with zero attached hydrogens (tertiary/aromatic N) is 1. The van der Waals surface area contributed by atoms with Crippen molar-refractivity contribution in [2.45, 2.75) is 52.2 Å². The quantitative estimate of drug-likeness (QED) is 0.419. The summed E-state index contributed by atoms with van der Waals surface area (Å²) in [6.45, 7) is 5.84. The van der Waals surface area contributed by atoms with E-state index in [4.69, 9.17) is 27.9 Å². The molecule has 0 spiro atoms. The maximum Gasteiger partial charge on any atom is 0.261 e. The van der Waals surface area contributed by atoms with Crippen molar-refractivity contribution >= 4 is 50.9 Å².